The van der Waals surface area contributed by atoms with Crippen LogP contribution in [-0.2, 0) is 9.59 Å². The quantitative estimate of drug-likeness (QED) is 0.577. The molecule has 0 spiro atoms. The van der Waals surface area contributed by atoms with E-state index < -0.39 is 5.82 Å². The Labute approximate surface area is 174 Å². The number of rotatable bonds is 6. The number of nitrogens with zero attached hydrogens (tertiary/aromatic N) is 4. The zero-order valence-corrected chi connectivity index (χ0v) is 17.6. The molecule has 0 saturated heterocycles. The first-order valence-electron chi connectivity index (χ1n) is 8.68. The predicted molar refractivity (Wildman–Crippen MR) is 113 cm³/mol. The Hall–Kier alpha value is -2.98. The van der Waals surface area contributed by atoms with Crippen molar-refractivity contribution in [3.8, 4) is 0 Å². The molecule has 2 amide bonds. The first kappa shape index (κ1) is 20.7. The lowest BCUT2D eigenvalue weighted by molar-refractivity contribution is -0.116. The van der Waals surface area contributed by atoms with Gasteiger partial charge in [-0.15, -0.1) is 21.5 Å². The smallest absolute Gasteiger partial charge is 0.250 e. The molecule has 7 nitrogen and oxygen atoms in total. The van der Waals surface area contributed by atoms with Gasteiger partial charge in [-0.2, -0.15) is 0 Å². The standard InChI is InChI=1S/C19H18FN5O2S2/c1-11(2)17-23-24-18(29-17)22-16(27)9-8-13-10-28-19(21-13)25(12(3)26)15-7-5-4-6-14(15)20/h4-11H,1-3H3,(H,22,24,27)/b9-8+. The molecule has 0 atom stereocenters. The van der Waals surface area contributed by atoms with E-state index in [0.29, 0.717) is 16.0 Å². The zero-order valence-electron chi connectivity index (χ0n) is 15.9. The van der Waals surface area contributed by atoms with Crippen molar-refractivity contribution in [2.45, 2.75) is 26.7 Å². The van der Waals surface area contributed by atoms with E-state index in [4.69, 9.17) is 0 Å². The van der Waals surface area contributed by atoms with Crippen LogP contribution in [0.15, 0.2) is 35.7 Å². The van der Waals surface area contributed by atoms with Gasteiger partial charge >= 0.3 is 0 Å². The molecule has 2 aromatic heterocycles. The molecule has 29 heavy (non-hydrogen) atoms. The third-order valence-corrected chi connectivity index (χ3v) is 5.66. The second kappa shape index (κ2) is 9.01. The maximum Gasteiger partial charge on any atom is 0.250 e. The maximum absolute atomic E-state index is 14.1. The van der Waals surface area contributed by atoms with E-state index in [1.807, 2.05) is 13.8 Å². The summed E-state index contributed by atoms with van der Waals surface area (Å²) in [6.45, 7) is 5.33. The number of nitrogens with one attached hydrogen (secondary N) is 1. The molecule has 150 valence electrons. The second-order valence-corrected chi connectivity index (χ2v) is 8.13. The number of hydrogen-bond acceptors (Lipinski definition) is 7. The Morgan fingerprint density at radius 2 is 2.00 bits per heavy atom. The Morgan fingerprint density at radius 3 is 2.66 bits per heavy atom. The normalized spacial score (nSPS) is 11.2. The van der Waals surface area contributed by atoms with Crippen LogP contribution in [0.5, 0.6) is 0 Å². The van der Waals surface area contributed by atoms with Crippen molar-refractivity contribution in [1.82, 2.24) is 15.2 Å². The number of thiazole rings is 1. The number of carbonyl (C=O) groups excluding carboxylic acids is 2. The van der Waals surface area contributed by atoms with Crippen LogP contribution < -0.4 is 10.2 Å². The van der Waals surface area contributed by atoms with Crippen LogP contribution in [0.25, 0.3) is 6.08 Å². The van der Waals surface area contributed by atoms with Crippen molar-refractivity contribution >= 4 is 56.5 Å². The molecule has 0 unspecified atom stereocenters. The summed E-state index contributed by atoms with van der Waals surface area (Å²) >= 11 is 2.50. The molecule has 0 bridgehead atoms. The summed E-state index contributed by atoms with van der Waals surface area (Å²) in [4.78, 5) is 29.7. The van der Waals surface area contributed by atoms with Gasteiger partial charge in [-0.25, -0.2) is 9.37 Å². The molecule has 3 rings (SSSR count). The second-order valence-electron chi connectivity index (χ2n) is 6.28. The van der Waals surface area contributed by atoms with Crippen molar-refractivity contribution in [2.24, 2.45) is 0 Å². The Kier molecular flexibility index (Phi) is 6.45. The average molecular weight is 432 g/mol. The maximum atomic E-state index is 14.1. The Morgan fingerprint density at radius 1 is 1.24 bits per heavy atom. The van der Waals surface area contributed by atoms with Gasteiger partial charge in [-0.1, -0.05) is 37.3 Å². The molecular weight excluding hydrogens is 413 g/mol. The molecule has 1 aromatic carbocycles. The Balaban J connectivity index is 1.72. The van der Waals surface area contributed by atoms with E-state index in [0.717, 1.165) is 5.01 Å². The number of amides is 2. The molecular formula is C19H18FN5O2S2. The molecule has 0 radical (unpaired) electrons. The highest BCUT2D eigenvalue weighted by molar-refractivity contribution is 7.15. The lowest BCUT2D eigenvalue weighted by Crippen LogP contribution is -2.23. The fourth-order valence-corrected chi connectivity index (χ4v) is 3.92. The summed E-state index contributed by atoms with van der Waals surface area (Å²) in [5.74, 6) is -1.02. The van der Waals surface area contributed by atoms with Gasteiger partial charge in [0.05, 0.1) is 11.4 Å². The third-order valence-electron chi connectivity index (χ3n) is 3.68. The van der Waals surface area contributed by atoms with Crippen molar-refractivity contribution in [3.05, 3.63) is 52.2 Å². The van der Waals surface area contributed by atoms with Crippen molar-refractivity contribution in [1.29, 1.82) is 0 Å². The summed E-state index contributed by atoms with van der Waals surface area (Å²) in [6, 6.07) is 5.98. The van der Waals surface area contributed by atoms with E-state index >= 15 is 0 Å². The molecule has 0 fully saturated rings. The van der Waals surface area contributed by atoms with Gasteiger partial charge in [-0.3, -0.25) is 19.8 Å². The lowest BCUT2D eigenvalue weighted by atomic mass is 10.2. The van der Waals surface area contributed by atoms with Crippen molar-refractivity contribution in [2.75, 3.05) is 10.2 Å². The largest absolute Gasteiger partial charge is 0.297 e. The highest BCUT2D eigenvalue weighted by Gasteiger charge is 2.20. The number of hydrogen-bond donors (Lipinski definition) is 1. The number of halogens is 1. The third kappa shape index (κ3) is 5.09. The van der Waals surface area contributed by atoms with Crippen LogP contribution >= 0.6 is 22.7 Å². The minimum atomic E-state index is -0.521. The number of benzene rings is 1. The first-order valence-corrected chi connectivity index (χ1v) is 10.4. The van der Waals surface area contributed by atoms with Gasteiger partial charge in [0, 0.05) is 24.3 Å². The zero-order chi connectivity index (χ0) is 21.0. The SMILES string of the molecule is CC(=O)N(c1nc(/C=C/C(=O)Nc2nnc(C(C)C)s2)cs1)c1ccccc1F. The summed E-state index contributed by atoms with van der Waals surface area (Å²) in [7, 11) is 0. The molecule has 0 aliphatic heterocycles. The molecule has 0 saturated carbocycles. The van der Waals surface area contributed by atoms with Crippen LogP contribution in [-0.4, -0.2) is 27.0 Å². The van der Waals surface area contributed by atoms with Crippen molar-refractivity contribution < 1.29 is 14.0 Å². The fourth-order valence-electron chi connectivity index (χ4n) is 2.32. The number of aromatic nitrogens is 3. The fraction of sp³-hybridized carbons (Fsp3) is 0.211. The number of anilines is 3. The molecule has 1 N–H and O–H groups in total. The summed E-state index contributed by atoms with van der Waals surface area (Å²) in [6.07, 6.45) is 2.83. The number of carbonyl (C=O) groups is 2. The van der Waals surface area contributed by atoms with Gasteiger partial charge in [0.15, 0.2) is 5.13 Å². The van der Waals surface area contributed by atoms with Crippen LogP contribution in [0, 0.1) is 5.82 Å². The number of para-hydroxylation sites is 1. The molecule has 2 heterocycles. The van der Waals surface area contributed by atoms with Gasteiger partial charge in [0.2, 0.25) is 16.9 Å². The highest BCUT2D eigenvalue weighted by Crippen LogP contribution is 2.31. The topological polar surface area (TPSA) is 88.1 Å². The van der Waals surface area contributed by atoms with Crippen molar-refractivity contribution in [3.63, 3.8) is 0 Å². The van der Waals surface area contributed by atoms with Gasteiger partial charge in [-0.05, 0) is 18.2 Å². The average Bonchev–Trinajstić information content (AvgIpc) is 3.31. The molecule has 0 aliphatic carbocycles. The van der Waals surface area contributed by atoms with Gasteiger partial charge < -0.3 is 0 Å². The summed E-state index contributed by atoms with van der Waals surface area (Å²) < 4.78 is 14.1. The highest BCUT2D eigenvalue weighted by atomic mass is 32.1. The molecule has 10 heteroatoms. The van der Waals surface area contributed by atoms with E-state index in [9.17, 15) is 14.0 Å². The van der Waals surface area contributed by atoms with Gasteiger partial charge in [0.1, 0.15) is 10.8 Å². The Bertz CT molecular complexity index is 1060. The van der Waals surface area contributed by atoms with Crippen LogP contribution in [0.1, 0.15) is 37.4 Å². The van der Waals surface area contributed by atoms with Crippen LogP contribution in [0.2, 0.25) is 0 Å². The molecule has 3 aromatic rings. The lowest BCUT2D eigenvalue weighted by Gasteiger charge is -2.18. The van der Waals surface area contributed by atoms with E-state index in [2.05, 4.69) is 20.5 Å². The molecule has 0 aliphatic rings. The monoisotopic (exact) mass is 431 g/mol. The summed E-state index contributed by atoms with van der Waals surface area (Å²) in [5, 5.41) is 13.8. The van der Waals surface area contributed by atoms with E-state index in [-0.39, 0.29) is 23.4 Å². The van der Waals surface area contributed by atoms with Gasteiger partial charge in [0.25, 0.3) is 0 Å². The summed E-state index contributed by atoms with van der Waals surface area (Å²) in [5.41, 5.74) is 0.600. The van der Waals surface area contributed by atoms with Crippen LogP contribution in [0.4, 0.5) is 20.3 Å². The van der Waals surface area contributed by atoms with E-state index in [1.54, 1.807) is 17.5 Å². The minimum Gasteiger partial charge on any atom is -0.297 e. The van der Waals surface area contributed by atoms with E-state index in [1.165, 1.54) is 58.8 Å². The predicted octanol–water partition coefficient (Wildman–Crippen LogP) is 4.59. The minimum absolute atomic E-state index is 0.125. The first-order chi connectivity index (χ1) is 13.8. The van der Waals surface area contributed by atoms with Crippen LogP contribution in [0.3, 0.4) is 0 Å².